The predicted octanol–water partition coefficient (Wildman–Crippen LogP) is 7.75. The normalized spacial score (nSPS) is 10.9. The number of carbonyl (C=O) groups is 1. The number of benzene rings is 2. The van der Waals surface area contributed by atoms with Gasteiger partial charge in [0.05, 0.1) is 5.56 Å². The average Bonchev–Trinajstić information content (AvgIpc) is 2.86. The molecule has 180 valence electrons. The lowest BCUT2D eigenvalue weighted by Gasteiger charge is -2.08. The van der Waals surface area contributed by atoms with Gasteiger partial charge in [0.25, 0.3) is 0 Å². The molecule has 1 heterocycles. The molecule has 0 unspecified atom stereocenters. The third-order valence-corrected chi connectivity index (χ3v) is 5.94. The first-order valence-corrected chi connectivity index (χ1v) is 12.5. The maximum Gasteiger partial charge on any atom is 0.343 e. The SMILES string of the molecule is CCCCCCc1cnc(-c2ccc(C(=O)Oc3ccc(CCCCCC)c(F)c3)cc2)nc1. The molecule has 2 aromatic carbocycles. The number of rotatable bonds is 13. The number of hydrogen-bond donors (Lipinski definition) is 0. The molecule has 5 heteroatoms. The molecule has 0 atom stereocenters. The Morgan fingerprint density at radius 3 is 2.09 bits per heavy atom. The van der Waals surface area contributed by atoms with Gasteiger partial charge in [0.1, 0.15) is 11.6 Å². The largest absolute Gasteiger partial charge is 0.423 e. The van der Waals surface area contributed by atoms with Crippen LogP contribution in [0.3, 0.4) is 0 Å². The number of halogens is 1. The van der Waals surface area contributed by atoms with E-state index >= 15 is 0 Å². The fourth-order valence-corrected chi connectivity index (χ4v) is 3.85. The van der Waals surface area contributed by atoms with Crippen molar-refractivity contribution in [2.24, 2.45) is 0 Å². The third-order valence-electron chi connectivity index (χ3n) is 5.94. The summed E-state index contributed by atoms with van der Waals surface area (Å²) < 4.78 is 19.8. The molecule has 0 saturated heterocycles. The number of hydrogen-bond acceptors (Lipinski definition) is 4. The molecule has 0 aliphatic heterocycles. The lowest BCUT2D eigenvalue weighted by molar-refractivity contribution is 0.0734. The van der Waals surface area contributed by atoms with Gasteiger partial charge in [-0.1, -0.05) is 70.6 Å². The van der Waals surface area contributed by atoms with Crippen LogP contribution < -0.4 is 4.74 Å². The highest BCUT2D eigenvalue weighted by molar-refractivity contribution is 5.91. The maximum atomic E-state index is 14.4. The predicted molar refractivity (Wildman–Crippen MR) is 135 cm³/mol. The summed E-state index contributed by atoms with van der Waals surface area (Å²) in [6, 6.07) is 11.6. The maximum absolute atomic E-state index is 14.4. The minimum absolute atomic E-state index is 0.210. The van der Waals surface area contributed by atoms with Gasteiger partial charge in [-0.05, 0) is 55.0 Å². The number of unbranched alkanes of at least 4 members (excludes halogenated alkanes) is 6. The van der Waals surface area contributed by atoms with Crippen molar-refractivity contribution in [3.63, 3.8) is 0 Å². The molecule has 1 aromatic heterocycles. The number of aryl methyl sites for hydroxylation is 2. The Morgan fingerprint density at radius 1 is 0.824 bits per heavy atom. The standard InChI is InChI=1S/C29H35FN2O2/c1-3-5-7-9-11-22-20-31-28(32-21-22)24-13-15-25(16-14-24)29(33)34-26-18-17-23(27(30)19-26)12-10-8-6-4-2/h13-21H,3-12H2,1-2H3. The molecular formula is C29H35FN2O2. The van der Waals surface area contributed by atoms with E-state index in [1.54, 1.807) is 36.4 Å². The molecule has 3 aromatic rings. The van der Waals surface area contributed by atoms with Gasteiger partial charge in [0.2, 0.25) is 0 Å². The Kier molecular flexibility index (Phi) is 10.2. The molecule has 34 heavy (non-hydrogen) atoms. The van der Waals surface area contributed by atoms with Gasteiger partial charge in [-0.3, -0.25) is 0 Å². The quantitative estimate of drug-likeness (QED) is 0.148. The molecule has 0 N–H and O–H groups in total. The van der Waals surface area contributed by atoms with Gasteiger partial charge in [-0.2, -0.15) is 0 Å². The van der Waals surface area contributed by atoms with Gasteiger partial charge in [0, 0.05) is 24.0 Å². The first-order chi connectivity index (χ1) is 16.6. The first-order valence-electron chi connectivity index (χ1n) is 12.5. The second kappa shape index (κ2) is 13.6. The lowest BCUT2D eigenvalue weighted by Crippen LogP contribution is -2.09. The van der Waals surface area contributed by atoms with E-state index in [1.807, 2.05) is 12.4 Å². The van der Waals surface area contributed by atoms with E-state index in [4.69, 9.17) is 4.74 Å². The van der Waals surface area contributed by atoms with Gasteiger partial charge in [0.15, 0.2) is 5.82 Å². The van der Waals surface area contributed by atoms with Gasteiger partial charge >= 0.3 is 5.97 Å². The van der Waals surface area contributed by atoms with E-state index in [0.717, 1.165) is 49.7 Å². The van der Waals surface area contributed by atoms with Crippen molar-refractivity contribution < 1.29 is 13.9 Å². The molecule has 4 nitrogen and oxygen atoms in total. The van der Waals surface area contributed by atoms with E-state index in [0.29, 0.717) is 23.4 Å². The minimum Gasteiger partial charge on any atom is -0.423 e. The van der Waals surface area contributed by atoms with Crippen molar-refractivity contribution in [3.8, 4) is 17.1 Å². The Balaban J connectivity index is 1.55. The fourth-order valence-electron chi connectivity index (χ4n) is 3.85. The first kappa shape index (κ1) is 25.5. The Hall–Kier alpha value is -3.08. The summed E-state index contributed by atoms with van der Waals surface area (Å²) in [6.45, 7) is 4.36. The van der Waals surface area contributed by atoms with Gasteiger partial charge < -0.3 is 4.74 Å². The van der Waals surface area contributed by atoms with Crippen molar-refractivity contribution in [2.75, 3.05) is 0 Å². The van der Waals surface area contributed by atoms with E-state index in [9.17, 15) is 9.18 Å². The molecular weight excluding hydrogens is 427 g/mol. The van der Waals surface area contributed by atoms with Crippen molar-refractivity contribution >= 4 is 5.97 Å². The molecule has 0 bridgehead atoms. The smallest absolute Gasteiger partial charge is 0.343 e. The van der Waals surface area contributed by atoms with E-state index in [-0.39, 0.29) is 11.6 Å². The molecule has 0 amide bonds. The Morgan fingerprint density at radius 2 is 1.47 bits per heavy atom. The number of esters is 1. The molecule has 0 saturated carbocycles. The summed E-state index contributed by atoms with van der Waals surface area (Å²) in [5.74, 6) is -0.0244. The van der Waals surface area contributed by atoms with Crippen LogP contribution in [-0.2, 0) is 12.8 Å². The van der Waals surface area contributed by atoms with E-state index in [2.05, 4.69) is 23.8 Å². The summed E-state index contributed by atoms with van der Waals surface area (Å²) >= 11 is 0. The van der Waals surface area contributed by atoms with Gasteiger partial charge in [-0.25, -0.2) is 19.2 Å². The monoisotopic (exact) mass is 462 g/mol. The van der Waals surface area contributed by atoms with Crippen LogP contribution in [0.4, 0.5) is 4.39 Å². The zero-order valence-electron chi connectivity index (χ0n) is 20.4. The summed E-state index contributed by atoms with van der Waals surface area (Å²) in [4.78, 5) is 21.5. The van der Waals surface area contributed by atoms with Crippen LogP contribution in [0.15, 0.2) is 54.9 Å². The topological polar surface area (TPSA) is 52.1 Å². The zero-order valence-corrected chi connectivity index (χ0v) is 20.4. The van der Waals surface area contributed by atoms with E-state index < -0.39 is 5.97 Å². The fraction of sp³-hybridized carbons (Fsp3) is 0.414. The Labute approximate surface area is 202 Å². The van der Waals surface area contributed by atoms with Crippen LogP contribution in [0.1, 0.15) is 86.7 Å². The average molecular weight is 463 g/mol. The van der Waals surface area contributed by atoms with Crippen molar-refractivity contribution in [1.82, 2.24) is 9.97 Å². The van der Waals surface area contributed by atoms with Crippen LogP contribution in [0, 0.1) is 5.82 Å². The lowest BCUT2D eigenvalue weighted by atomic mass is 10.1. The number of aromatic nitrogens is 2. The number of carbonyl (C=O) groups excluding carboxylic acids is 1. The molecule has 0 fully saturated rings. The minimum atomic E-state index is -0.523. The van der Waals surface area contributed by atoms with Crippen LogP contribution in [0.2, 0.25) is 0 Å². The van der Waals surface area contributed by atoms with E-state index in [1.165, 1.54) is 25.3 Å². The van der Waals surface area contributed by atoms with Crippen LogP contribution in [-0.4, -0.2) is 15.9 Å². The highest BCUT2D eigenvalue weighted by Crippen LogP contribution is 2.21. The molecule has 3 rings (SSSR count). The molecule has 0 spiro atoms. The van der Waals surface area contributed by atoms with Crippen LogP contribution >= 0.6 is 0 Å². The summed E-state index contributed by atoms with van der Waals surface area (Å²) in [5, 5.41) is 0. The number of nitrogens with zero attached hydrogens (tertiary/aromatic N) is 2. The molecule has 0 radical (unpaired) electrons. The van der Waals surface area contributed by atoms with Crippen LogP contribution in [0.5, 0.6) is 5.75 Å². The Bertz CT molecular complexity index is 1030. The van der Waals surface area contributed by atoms with Crippen molar-refractivity contribution in [3.05, 3.63) is 77.4 Å². The number of ether oxygens (including phenoxy) is 1. The summed E-state index contributed by atoms with van der Waals surface area (Å²) in [5.41, 5.74) is 3.01. The van der Waals surface area contributed by atoms with Gasteiger partial charge in [-0.15, -0.1) is 0 Å². The summed E-state index contributed by atoms with van der Waals surface area (Å²) in [7, 11) is 0. The van der Waals surface area contributed by atoms with Crippen LogP contribution in [0.25, 0.3) is 11.4 Å². The second-order valence-corrected chi connectivity index (χ2v) is 8.76. The molecule has 0 aliphatic carbocycles. The second-order valence-electron chi connectivity index (χ2n) is 8.76. The summed E-state index contributed by atoms with van der Waals surface area (Å²) in [6.07, 6.45) is 14.7. The zero-order chi connectivity index (χ0) is 24.2. The van der Waals surface area contributed by atoms with Crippen molar-refractivity contribution in [1.29, 1.82) is 0 Å². The van der Waals surface area contributed by atoms with Crippen molar-refractivity contribution in [2.45, 2.75) is 78.1 Å². The third kappa shape index (κ3) is 7.75. The molecule has 0 aliphatic rings. The highest BCUT2D eigenvalue weighted by Gasteiger charge is 2.12. The highest BCUT2D eigenvalue weighted by atomic mass is 19.1.